The van der Waals surface area contributed by atoms with Crippen molar-refractivity contribution in [2.24, 2.45) is 0 Å². The van der Waals surface area contributed by atoms with E-state index in [4.69, 9.17) is 21.1 Å². The maximum absolute atomic E-state index is 12.5. The summed E-state index contributed by atoms with van der Waals surface area (Å²) in [4.78, 5) is 18.0. The number of thiophene rings is 1. The highest BCUT2D eigenvalue weighted by atomic mass is 35.5. The summed E-state index contributed by atoms with van der Waals surface area (Å²) in [5, 5.41) is 2.95. The Labute approximate surface area is 161 Å². The van der Waals surface area contributed by atoms with Crippen LogP contribution >= 0.6 is 22.9 Å². The maximum Gasteiger partial charge on any atom is 0.321 e. The van der Waals surface area contributed by atoms with Gasteiger partial charge in [0.05, 0.1) is 4.34 Å². The highest BCUT2D eigenvalue weighted by Crippen LogP contribution is 2.32. The second-order valence-electron chi connectivity index (χ2n) is 6.26. The summed E-state index contributed by atoms with van der Waals surface area (Å²) >= 11 is 7.60. The van der Waals surface area contributed by atoms with Crippen LogP contribution in [-0.2, 0) is 6.54 Å². The van der Waals surface area contributed by atoms with Gasteiger partial charge in [0, 0.05) is 49.4 Å². The molecule has 3 heterocycles. The first kappa shape index (κ1) is 17.5. The van der Waals surface area contributed by atoms with E-state index in [0.29, 0.717) is 32.1 Å². The molecule has 1 fully saturated rings. The highest BCUT2D eigenvalue weighted by Gasteiger charge is 2.22. The van der Waals surface area contributed by atoms with Crippen LogP contribution in [0.4, 0.5) is 10.5 Å². The molecule has 8 heteroatoms. The molecule has 0 spiro atoms. The van der Waals surface area contributed by atoms with Gasteiger partial charge >= 0.3 is 6.03 Å². The van der Waals surface area contributed by atoms with E-state index in [1.807, 2.05) is 29.2 Å². The third-order valence-corrected chi connectivity index (χ3v) is 5.68. The minimum absolute atomic E-state index is 0.0829. The quantitative estimate of drug-likeness (QED) is 0.866. The van der Waals surface area contributed by atoms with Gasteiger partial charge in [-0.05, 0) is 24.3 Å². The molecule has 0 unspecified atom stereocenters. The van der Waals surface area contributed by atoms with E-state index in [2.05, 4.69) is 16.3 Å². The Kier molecular flexibility index (Phi) is 5.19. The number of benzene rings is 1. The molecule has 1 saturated heterocycles. The van der Waals surface area contributed by atoms with Gasteiger partial charge in [-0.25, -0.2) is 4.79 Å². The van der Waals surface area contributed by atoms with Crippen molar-refractivity contribution in [2.75, 3.05) is 44.7 Å². The number of ether oxygens (including phenoxy) is 2. The number of nitrogens with zero attached hydrogens (tertiary/aromatic N) is 2. The van der Waals surface area contributed by atoms with E-state index >= 15 is 0 Å². The Morgan fingerprint density at radius 1 is 1.08 bits per heavy atom. The topological polar surface area (TPSA) is 54.0 Å². The predicted octanol–water partition coefficient (Wildman–Crippen LogP) is 3.52. The van der Waals surface area contributed by atoms with Crippen LogP contribution in [0, 0.1) is 0 Å². The summed E-state index contributed by atoms with van der Waals surface area (Å²) in [7, 11) is 0. The molecule has 138 valence electrons. The number of anilines is 1. The Morgan fingerprint density at radius 3 is 2.58 bits per heavy atom. The smallest absolute Gasteiger partial charge is 0.321 e. The van der Waals surface area contributed by atoms with Gasteiger partial charge in [-0.3, -0.25) is 4.90 Å². The zero-order valence-corrected chi connectivity index (χ0v) is 15.8. The largest absolute Gasteiger partial charge is 0.486 e. The molecule has 6 nitrogen and oxygen atoms in total. The molecule has 0 radical (unpaired) electrons. The van der Waals surface area contributed by atoms with E-state index in [1.54, 1.807) is 11.3 Å². The molecule has 4 rings (SSSR count). The number of rotatable bonds is 3. The first-order valence-electron chi connectivity index (χ1n) is 8.59. The lowest BCUT2D eigenvalue weighted by Gasteiger charge is -2.34. The zero-order chi connectivity index (χ0) is 17.9. The third kappa shape index (κ3) is 4.06. The van der Waals surface area contributed by atoms with Crippen molar-refractivity contribution < 1.29 is 14.3 Å². The van der Waals surface area contributed by atoms with Crippen molar-refractivity contribution in [3.05, 3.63) is 39.5 Å². The molecule has 2 aliphatic rings. The SMILES string of the molecule is O=C(Nc1ccc2c(c1)OCCO2)N1CCN(Cc2ccc(Cl)s2)CC1. The summed E-state index contributed by atoms with van der Waals surface area (Å²) in [6.07, 6.45) is 0. The third-order valence-electron chi connectivity index (χ3n) is 4.46. The molecule has 0 aliphatic carbocycles. The lowest BCUT2D eigenvalue weighted by atomic mass is 10.2. The highest BCUT2D eigenvalue weighted by molar-refractivity contribution is 7.16. The van der Waals surface area contributed by atoms with Crippen LogP contribution < -0.4 is 14.8 Å². The zero-order valence-electron chi connectivity index (χ0n) is 14.2. The van der Waals surface area contributed by atoms with Crippen LogP contribution in [0.5, 0.6) is 11.5 Å². The lowest BCUT2D eigenvalue weighted by Crippen LogP contribution is -2.49. The van der Waals surface area contributed by atoms with Crippen LogP contribution in [-0.4, -0.2) is 55.2 Å². The number of carbonyl (C=O) groups is 1. The second-order valence-corrected chi connectivity index (χ2v) is 8.06. The molecular formula is C18H20ClN3O3S. The van der Waals surface area contributed by atoms with E-state index in [9.17, 15) is 4.79 Å². The number of nitrogens with one attached hydrogen (secondary N) is 1. The van der Waals surface area contributed by atoms with Crippen LogP contribution in [0.3, 0.4) is 0 Å². The van der Waals surface area contributed by atoms with E-state index in [0.717, 1.165) is 35.4 Å². The van der Waals surface area contributed by atoms with Gasteiger partial charge in [0.2, 0.25) is 0 Å². The second kappa shape index (κ2) is 7.73. The van der Waals surface area contributed by atoms with Gasteiger partial charge < -0.3 is 19.7 Å². The minimum Gasteiger partial charge on any atom is -0.486 e. The van der Waals surface area contributed by atoms with Crippen molar-refractivity contribution in [1.82, 2.24) is 9.80 Å². The number of amides is 2. The Balaban J connectivity index is 1.29. The van der Waals surface area contributed by atoms with Crippen molar-refractivity contribution >= 4 is 34.7 Å². The molecule has 0 bridgehead atoms. The number of halogens is 1. The van der Waals surface area contributed by atoms with Gasteiger partial charge in [-0.2, -0.15) is 0 Å². The van der Waals surface area contributed by atoms with E-state index < -0.39 is 0 Å². The fourth-order valence-electron chi connectivity index (χ4n) is 3.09. The van der Waals surface area contributed by atoms with Gasteiger partial charge in [0.15, 0.2) is 11.5 Å². The number of hydrogen-bond acceptors (Lipinski definition) is 5. The first-order chi connectivity index (χ1) is 12.7. The predicted molar refractivity (Wildman–Crippen MR) is 103 cm³/mol. The first-order valence-corrected chi connectivity index (χ1v) is 9.79. The summed E-state index contributed by atoms with van der Waals surface area (Å²) in [5.74, 6) is 1.39. The van der Waals surface area contributed by atoms with Crippen LogP contribution in [0.15, 0.2) is 30.3 Å². The van der Waals surface area contributed by atoms with Crippen molar-refractivity contribution in [2.45, 2.75) is 6.54 Å². The van der Waals surface area contributed by atoms with E-state index in [1.165, 1.54) is 4.88 Å². The molecule has 26 heavy (non-hydrogen) atoms. The van der Waals surface area contributed by atoms with Gasteiger partial charge in [-0.1, -0.05) is 11.6 Å². The van der Waals surface area contributed by atoms with E-state index in [-0.39, 0.29) is 6.03 Å². The maximum atomic E-state index is 12.5. The van der Waals surface area contributed by atoms with Gasteiger partial charge in [0.1, 0.15) is 13.2 Å². The van der Waals surface area contributed by atoms with Crippen molar-refractivity contribution in [3.8, 4) is 11.5 Å². The molecule has 2 aromatic rings. The number of carbonyl (C=O) groups excluding carboxylic acids is 1. The van der Waals surface area contributed by atoms with Crippen LogP contribution in [0.1, 0.15) is 4.88 Å². The van der Waals surface area contributed by atoms with Crippen LogP contribution in [0.2, 0.25) is 4.34 Å². The average Bonchev–Trinajstić information content (AvgIpc) is 3.07. The lowest BCUT2D eigenvalue weighted by molar-refractivity contribution is 0.143. The van der Waals surface area contributed by atoms with Gasteiger partial charge in [0.25, 0.3) is 0 Å². The normalized spacial score (nSPS) is 17.2. The van der Waals surface area contributed by atoms with Gasteiger partial charge in [-0.15, -0.1) is 11.3 Å². The van der Waals surface area contributed by atoms with Crippen molar-refractivity contribution in [1.29, 1.82) is 0 Å². The Morgan fingerprint density at radius 2 is 1.85 bits per heavy atom. The molecular weight excluding hydrogens is 374 g/mol. The molecule has 2 aliphatic heterocycles. The fourth-order valence-corrected chi connectivity index (χ4v) is 4.22. The molecule has 2 amide bonds. The summed E-state index contributed by atoms with van der Waals surface area (Å²) in [6, 6.07) is 9.38. The number of hydrogen-bond donors (Lipinski definition) is 1. The summed E-state index contributed by atoms with van der Waals surface area (Å²) < 4.78 is 11.9. The van der Waals surface area contributed by atoms with Crippen LogP contribution in [0.25, 0.3) is 0 Å². The Bertz CT molecular complexity index is 790. The number of urea groups is 1. The summed E-state index contributed by atoms with van der Waals surface area (Å²) in [5.41, 5.74) is 0.718. The monoisotopic (exact) mass is 393 g/mol. The molecule has 1 N–H and O–H groups in total. The number of fused-ring (bicyclic) bond motifs is 1. The molecule has 0 atom stereocenters. The molecule has 0 saturated carbocycles. The average molecular weight is 394 g/mol. The Hall–Kier alpha value is -1.96. The minimum atomic E-state index is -0.0829. The summed E-state index contributed by atoms with van der Waals surface area (Å²) in [6.45, 7) is 5.08. The number of piperazine rings is 1. The molecule has 1 aromatic carbocycles. The fraction of sp³-hybridized carbons (Fsp3) is 0.389. The standard InChI is InChI=1S/C18H20ClN3O3S/c19-17-4-2-14(26-17)12-21-5-7-22(8-6-21)18(23)20-13-1-3-15-16(11-13)25-10-9-24-15/h1-4,11H,5-10,12H2,(H,20,23). The van der Waals surface area contributed by atoms with Crippen molar-refractivity contribution in [3.63, 3.8) is 0 Å². The molecule has 1 aromatic heterocycles.